The van der Waals surface area contributed by atoms with Crippen LogP contribution in [0.1, 0.15) is 44.9 Å². The molecule has 116 valence electrons. The van der Waals surface area contributed by atoms with E-state index in [9.17, 15) is 13.2 Å². The lowest BCUT2D eigenvalue weighted by Gasteiger charge is -2.25. The van der Waals surface area contributed by atoms with Crippen LogP contribution in [0, 0.1) is 5.92 Å². The molecule has 0 aromatic rings. The topological polar surface area (TPSA) is 66.5 Å². The van der Waals surface area contributed by atoms with E-state index in [1.807, 2.05) is 0 Å². The number of hydrogen-bond acceptors (Lipinski definition) is 3. The third-order valence-corrected chi connectivity index (χ3v) is 6.38. The molecule has 2 amide bonds. The number of carbonyl (C=O) groups is 1. The van der Waals surface area contributed by atoms with Crippen molar-refractivity contribution in [2.75, 3.05) is 25.1 Å². The lowest BCUT2D eigenvalue weighted by Crippen LogP contribution is -2.44. The first kappa shape index (κ1) is 15.6. The Morgan fingerprint density at radius 2 is 1.90 bits per heavy atom. The number of carbonyl (C=O) groups excluding carboxylic acids is 1. The Kier molecular flexibility index (Phi) is 5.29. The fourth-order valence-corrected chi connectivity index (χ4v) is 5.00. The van der Waals surface area contributed by atoms with Crippen LogP contribution in [0.25, 0.3) is 0 Å². The fraction of sp³-hybridized carbons (Fsp3) is 0.929. The van der Waals surface area contributed by atoms with Gasteiger partial charge in [0.2, 0.25) is 0 Å². The molecule has 1 aliphatic heterocycles. The average molecular weight is 302 g/mol. The van der Waals surface area contributed by atoms with E-state index in [0.29, 0.717) is 13.0 Å². The van der Waals surface area contributed by atoms with Crippen molar-refractivity contribution >= 4 is 15.9 Å². The quantitative estimate of drug-likeness (QED) is 0.861. The molecule has 2 aliphatic rings. The Labute approximate surface area is 122 Å². The van der Waals surface area contributed by atoms with Crippen LogP contribution in [0.3, 0.4) is 0 Å². The fourth-order valence-electron chi connectivity index (χ4n) is 3.23. The molecule has 0 radical (unpaired) electrons. The molecule has 2 fully saturated rings. The molecule has 1 atom stereocenters. The minimum absolute atomic E-state index is 0.111. The standard InChI is InChI=1S/C14H26N2O3S/c1-16(13-8-10-20(18,19)11-13)14(17)15-9-7-12-5-3-2-4-6-12/h12-13H,2-11H2,1H3,(H,15,17). The van der Waals surface area contributed by atoms with Gasteiger partial charge in [0.15, 0.2) is 9.84 Å². The van der Waals surface area contributed by atoms with Crippen molar-refractivity contribution in [1.29, 1.82) is 0 Å². The van der Waals surface area contributed by atoms with E-state index in [4.69, 9.17) is 0 Å². The van der Waals surface area contributed by atoms with Gasteiger partial charge in [-0.05, 0) is 18.8 Å². The van der Waals surface area contributed by atoms with Crippen LogP contribution in [0.4, 0.5) is 4.79 Å². The molecule has 0 aromatic carbocycles. The molecule has 0 aromatic heterocycles. The van der Waals surface area contributed by atoms with E-state index in [1.54, 1.807) is 11.9 Å². The molecule has 1 N–H and O–H groups in total. The van der Waals surface area contributed by atoms with Crippen LogP contribution < -0.4 is 5.32 Å². The number of hydrogen-bond donors (Lipinski definition) is 1. The summed E-state index contributed by atoms with van der Waals surface area (Å²) in [5, 5.41) is 2.93. The number of amides is 2. The first-order valence-corrected chi connectivity index (χ1v) is 9.51. The van der Waals surface area contributed by atoms with Gasteiger partial charge in [0, 0.05) is 19.6 Å². The second-order valence-corrected chi connectivity index (χ2v) is 8.42. The highest BCUT2D eigenvalue weighted by Gasteiger charge is 2.32. The summed E-state index contributed by atoms with van der Waals surface area (Å²) in [5.41, 5.74) is 0. The van der Waals surface area contributed by atoms with E-state index >= 15 is 0 Å². The van der Waals surface area contributed by atoms with Gasteiger partial charge in [-0.2, -0.15) is 0 Å². The normalized spacial score (nSPS) is 26.4. The monoisotopic (exact) mass is 302 g/mol. The third kappa shape index (κ3) is 4.36. The van der Waals surface area contributed by atoms with Gasteiger partial charge in [-0.3, -0.25) is 0 Å². The molecule has 5 nitrogen and oxygen atoms in total. The molecule has 1 heterocycles. The van der Waals surface area contributed by atoms with Gasteiger partial charge in [0.25, 0.3) is 0 Å². The summed E-state index contributed by atoms with van der Waals surface area (Å²) in [6.45, 7) is 0.702. The van der Waals surface area contributed by atoms with Gasteiger partial charge >= 0.3 is 6.03 Å². The maximum atomic E-state index is 12.0. The predicted octanol–water partition coefficient (Wildman–Crippen LogP) is 1.79. The van der Waals surface area contributed by atoms with E-state index < -0.39 is 9.84 Å². The van der Waals surface area contributed by atoms with Gasteiger partial charge in [0.05, 0.1) is 11.5 Å². The van der Waals surface area contributed by atoms with Gasteiger partial charge in [-0.1, -0.05) is 32.1 Å². The minimum Gasteiger partial charge on any atom is -0.338 e. The molecule has 0 spiro atoms. The summed E-state index contributed by atoms with van der Waals surface area (Å²) >= 11 is 0. The molecule has 6 heteroatoms. The van der Waals surface area contributed by atoms with Crippen LogP contribution in [-0.4, -0.2) is 50.5 Å². The van der Waals surface area contributed by atoms with E-state index in [1.165, 1.54) is 32.1 Å². The van der Waals surface area contributed by atoms with Crippen LogP contribution >= 0.6 is 0 Å². The van der Waals surface area contributed by atoms with Crippen LogP contribution in [0.2, 0.25) is 0 Å². The van der Waals surface area contributed by atoms with Crippen molar-refractivity contribution in [2.45, 2.75) is 51.0 Å². The Hall–Kier alpha value is -0.780. The van der Waals surface area contributed by atoms with Crippen molar-refractivity contribution in [2.24, 2.45) is 5.92 Å². The zero-order chi connectivity index (χ0) is 14.6. The second kappa shape index (κ2) is 6.78. The molecule has 20 heavy (non-hydrogen) atoms. The van der Waals surface area contributed by atoms with Crippen molar-refractivity contribution in [3.8, 4) is 0 Å². The van der Waals surface area contributed by atoms with Gasteiger partial charge in [-0.15, -0.1) is 0 Å². The number of urea groups is 1. The number of sulfone groups is 1. The van der Waals surface area contributed by atoms with Crippen molar-refractivity contribution in [3.05, 3.63) is 0 Å². The van der Waals surface area contributed by atoms with Crippen molar-refractivity contribution in [1.82, 2.24) is 10.2 Å². The molecule has 1 saturated heterocycles. The number of nitrogens with one attached hydrogen (secondary N) is 1. The number of rotatable bonds is 4. The largest absolute Gasteiger partial charge is 0.338 e. The molecule has 2 rings (SSSR count). The van der Waals surface area contributed by atoms with Crippen LogP contribution in [-0.2, 0) is 9.84 Å². The van der Waals surface area contributed by atoms with E-state index in [-0.39, 0.29) is 23.6 Å². The maximum absolute atomic E-state index is 12.0. The molecule has 1 aliphatic carbocycles. The van der Waals surface area contributed by atoms with E-state index in [0.717, 1.165) is 12.3 Å². The Bertz CT molecular complexity index is 430. The molecule has 1 unspecified atom stereocenters. The van der Waals surface area contributed by atoms with Crippen LogP contribution in [0.5, 0.6) is 0 Å². The van der Waals surface area contributed by atoms with Crippen LogP contribution in [0.15, 0.2) is 0 Å². The molecular formula is C14H26N2O3S. The zero-order valence-corrected chi connectivity index (χ0v) is 13.1. The van der Waals surface area contributed by atoms with Crippen molar-refractivity contribution < 1.29 is 13.2 Å². The zero-order valence-electron chi connectivity index (χ0n) is 12.3. The first-order valence-electron chi connectivity index (χ1n) is 7.69. The highest BCUT2D eigenvalue weighted by atomic mass is 32.2. The van der Waals surface area contributed by atoms with E-state index in [2.05, 4.69) is 5.32 Å². The maximum Gasteiger partial charge on any atom is 0.317 e. The predicted molar refractivity (Wildman–Crippen MR) is 79.4 cm³/mol. The lowest BCUT2D eigenvalue weighted by molar-refractivity contribution is 0.193. The Morgan fingerprint density at radius 3 is 2.50 bits per heavy atom. The highest BCUT2D eigenvalue weighted by molar-refractivity contribution is 7.91. The highest BCUT2D eigenvalue weighted by Crippen LogP contribution is 2.25. The third-order valence-electron chi connectivity index (χ3n) is 4.63. The summed E-state index contributed by atoms with van der Waals surface area (Å²) in [5.74, 6) is 1.07. The first-order chi connectivity index (χ1) is 9.48. The summed E-state index contributed by atoms with van der Waals surface area (Å²) in [6, 6.07) is -0.294. The van der Waals surface area contributed by atoms with Gasteiger partial charge in [0.1, 0.15) is 0 Å². The lowest BCUT2D eigenvalue weighted by atomic mass is 9.87. The van der Waals surface area contributed by atoms with Gasteiger partial charge in [-0.25, -0.2) is 13.2 Å². The summed E-state index contributed by atoms with van der Waals surface area (Å²) < 4.78 is 22.9. The second-order valence-electron chi connectivity index (χ2n) is 6.19. The summed E-state index contributed by atoms with van der Waals surface area (Å²) in [4.78, 5) is 13.6. The minimum atomic E-state index is -2.93. The smallest absolute Gasteiger partial charge is 0.317 e. The van der Waals surface area contributed by atoms with Gasteiger partial charge < -0.3 is 10.2 Å². The summed E-state index contributed by atoms with van der Waals surface area (Å²) in [6.07, 6.45) is 8.16. The summed E-state index contributed by atoms with van der Waals surface area (Å²) in [7, 11) is -1.24. The molecule has 0 bridgehead atoms. The molecular weight excluding hydrogens is 276 g/mol. The average Bonchev–Trinajstić information content (AvgIpc) is 2.79. The Morgan fingerprint density at radius 1 is 1.20 bits per heavy atom. The molecule has 1 saturated carbocycles. The Balaban J connectivity index is 1.69. The van der Waals surface area contributed by atoms with Crippen molar-refractivity contribution in [3.63, 3.8) is 0 Å². The number of nitrogens with zero attached hydrogens (tertiary/aromatic N) is 1. The SMILES string of the molecule is CN(C(=O)NCCC1CCCCC1)C1CCS(=O)(=O)C1.